The summed E-state index contributed by atoms with van der Waals surface area (Å²) in [6.07, 6.45) is 0. The zero-order valence-corrected chi connectivity index (χ0v) is 33.2. The van der Waals surface area contributed by atoms with Gasteiger partial charge in [0, 0.05) is 27.2 Å². The molecule has 12 rings (SSSR count). The maximum Gasteiger partial charge on any atom is 0.340 e. The molecule has 0 radical (unpaired) electrons. The highest BCUT2D eigenvalue weighted by Crippen LogP contribution is 2.47. The lowest BCUT2D eigenvalue weighted by molar-refractivity contribution is 0.252. The number of anilines is 3. The molecule has 6 nitrogen and oxygen atoms in total. The molecule has 7 aromatic carbocycles. The number of carbonyl (C=O) groups is 1. The van der Waals surface area contributed by atoms with Gasteiger partial charge < -0.3 is 8.83 Å². The van der Waals surface area contributed by atoms with Crippen LogP contribution in [0.2, 0.25) is 0 Å². The van der Waals surface area contributed by atoms with E-state index in [1.54, 1.807) is 0 Å². The highest BCUT2D eigenvalue weighted by molar-refractivity contribution is 6.95. The van der Waals surface area contributed by atoms with Crippen LogP contribution >= 0.6 is 0 Å². The van der Waals surface area contributed by atoms with Gasteiger partial charge in [0.1, 0.15) is 22.8 Å². The van der Waals surface area contributed by atoms with E-state index in [0.29, 0.717) is 22.5 Å². The van der Waals surface area contributed by atoms with E-state index >= 15 is 4.79 Å². The molecular weight excluding hydrogens is 724 g/mol. The third-order valence-corrected chi connectivity index (χ3v) is 12.9. The topological polar surface area (TPSA) is 53.1 Å². The summed E-state index contributed by atoms with van der Waals surface area (Å²) in [6, 6.07) is 48.0. The highest BCUT2D eigenvalue weighted by atomic mass is 16.3. The Kier molecular flexibility index (Phi) is 7.13. The molecule has 0 saturated carbocycles. The standard InChI is InChI=1S/C51H37B2N3O3/c1-30-14-9-15-31(2)46(30)52-28-44-54(40-24-11-20-36-34-18-5-7-26-42(34)58-49(36)40)51(57)55(41-25-12-21-37-35-19-6-8-27-43(35)59-50(37)41)45-29-53(47-32(3)16-10-17-33(47)4)39-23-13-22-38(52)48(39)56(44)45/h5-29H,1-4H3. The van der Waals surface area contributed by atoms with E-state index in [-0.39, 0.29) is 19.5 Å². The van der Waals surface area contributed by atoms with Crippen molar-refractivity contribution in [3.8, 4) is 0 Å². The fourth-order valence-corrected chi connectivity index (χ4v) is 10.3. The number of rotatable bonds is 4. The number of para-hydroxylation sites is 5. The molecule has 0 bridgehead atoms. The van der Waals surface area contributed by atoms with Gasteiger partial charge in [0.05, 0.1) is 11.4 Å². The molecule has 9 aromatic rings. The first-order valence-corrected chi connectivity index (χ1v) is 20.3. The number of aryl methyl sites for hydroxylation is 4. The number of urea groups is 1. The smallest absolute Gasteiger partial charge is 0.340 e. The van der Waals surface area contributed by atoms with E-state index in [2.05, 4.69) is 123 Å². The quantitative estimate of drug-likeness (QED) is 0.168. The van der Waals surface area contributed by atoms with Crippen molar-refractivity contribution in [2.24, 2.45) is 0 Å². The molecule has 0 unspecified atom stereocenters. The summed E-state index contributed by atoms with van der Waals surface area (Å²) in [5.74, 6) is 6.14. The van der Waals surface area contributed by atoms with Crippen molar-refractivity contribution in [1.82, 2.24) is 0 Å². The van der Waals surface area contributed by atoms with Gasteiger partial charge in [-0.1, -0.05) is 160 Å². The molecule has 2 amide bonds. The fourth-order valence-electron chi connectivity index (χ4n) is 10.3. The molecule has 0 spiro atoms. The summed E-state index contributed by atoms with van der Waals surface area (Å²) < 4.78 is 13.4. The van der Waals surface area contributed by atoms with Crippen molar-refractivity contribution in [2.75, 3.05) is 14.7 Å². The minimum atomic E-state index is -0.219. The van der Waals surface area contributed by atoms with Crippen molar-refractivity contribution in [3.63, 3.8) is 0 Å². The number of benzene rings is 7. The Morgan fingerprint density at radius 3 is 1.27 bits per heavy atom. The van der Waals surface area contributed by atoms with Gasteiger partial charge in [-0.15, -0.1) is 0 Å². The van der Waals surface area contributed by atoms with E-state index < -0.39 is 0 Å². The van der Waals surface area contributed by atoms with E-state index in [1.807, 2.05) is 70.5 Å². The summed E-state index contributed by atoms with van der Waals surface area (Å²) in [5, 5.41) is 3.92. The second-order valence-corrected chi connectivity index (χ2v) is 16.2. The largest absolute Gasteiger partial charge is 0.454 e. The molecule has 8 heteroatoms. The van der Waals surface area contributed by atoms with Crippen molar-refractivity contribution in [1.29, 1.82) is 0 Å². The normalized spacial score (nSPS) is 14.8. The first-order chi connectivity index (χ1) is 28.9. The Balaban J connectivity index is 1.21. The van der Waals surface area contributed by atoms with Crippen molar-refractivity contribution in [2.45, 2.75) is 27.7 Å². The van der Waals surface area contributed by atoms with Crippen LogP contribution < -0.4 is 36.6 Å². The van der Waals surface area contributed by atoms with Gasteiger partial charge in [-0.25, -0.2) is 14.6 Å². The van der Waals surface area contributed by atoms with Gasteiger partial charge in [-0.05, 0) is 62.9 Å². The maximum atomic E-state index is 16.2. The fraction of sp³-hybridized carbons (Fsp3) is 0.0784. The average molecular weight is 761 g/mol. The predicted molar refractivity (Wildman–Crippen MR) is 245 cm³/mol. The molecule has 3 aliphatic heterocycles. The van der Waals surface area contributed by atoms with Crippen molar-refractivity contribution >= 4 is 102 Å². The van der Waals surface area contributed by atoms with Crippen LogP contribution in [0.25, 0.3) is 43.9 Å². The molecule has 59 heavy (non-hydrogen) atoms. The third kappa shape index (κ3) is 4.68. The number of nitrogens with zero attached hydrogens (tertiary/aromatic N) is 3. The predicted octanol–water partition coefficient (Wildman–Crippen LogP) is 9.68. The molecule has 0 aliphatic carbocycles. The molecule has 5 heterocycles. The van der Waals surface area contributed by atoms with Gasteiger partial charge in [0.2, 0.25) is 13.4 Å². The Morgan fingerprint density at radius 2 is 0.814 bits per heavy atom. The molecule has 2 aromatic heterocycles. The second-order valence-electron chi connectivity index (χ2n) is 16.2. The monoisotopic (exact) mass is 761 g/mol. The molecule has 3 aliphatic rings. The minimum Gasteiger partial charge on any atom is -0.454 e. The summed E-state index contributed by atoms with van der Waals surface area (Å²) in [6.45, 7) is 8.52. The van der Waals surface area contributed by atoms with Crippen LogP contribution in [0, 0.1) is 27.7 Å². The third-order valence-electron chi connectivity index (χ3n) is 12.9. The molecule has 0 N–H and O–H groups in total. The van der Waals surface area contributed by atoms with Gasteiger partial charge in [0.25, 0.3) is 0 Å². The second kappa shape index (κ2) is 12.4. The SMILES string of the molecule is Cc1cccc(C)c1B1C=C2N3C(=CB(c4c(C)cccc4C)c4cccc1c43)N(c1cccc3c1oc1ccccc13)C(=O)N2c1cccc2c1oc1ccccc12. The van der Waals surface area contributed by atoms with E-state index in [1.165, 1.54) is 44.1 Å². The van der Waals surface area contributed by atoms with Crippen LogP contribution in [0.4, 0.5) is 21.9 Å². The highest BCUT2D eigenvalue weighted by Gasteiger charge is 2.50. The Hall–Kier alpha value is -7.18. The van der Waals surface area contributed by atoms with E-state index in [4.69, 9.17) is 8.83 Å². The van der Waals surface area contributed by atoms with Crippen molar-refractivity contribution < 1.29 is 13.6 Å². The summed E-state index contributed by atoms with van der Waals surface area (Å²) in [4.78, 5) is 22.3. The first kappa shape index (κ1) is 33.9. The number of carbonyl (C=O) groups excluding carboxylic acids is 1. The van der Waals surface area contributed by atoms with Gasteiger partial charge in [0.15, 0.2) is 11.2 Å². The lowest BCUT2D eigenvalue weighted by Gasteiger charge is -2.51. The zero-order chi connectivity index (χ0) is 39.7. The minimum absolute atomic E-state index is 0.133. The average Bonchev–Trinajstić information content (AvgIpc) is 3.82. The van der Waals surface area contributed by atoms with E-state index in [9.17, 15) is 0 Å². The Bertz CT molecular complexity index is 3100. The number of hydrogen-bond acceptors (Lipinski definition) is 4. The molecule has 0 atom stereocenters. The van der Waals surface area contributed by atoms with Crippen LogP contribution in [0.3, 0.4) is 0 Å². The maximum absolute atomic E-state index is 16.2. The number of hydrogen-bond donors (Lipinski definition) is 0. The van der Waals surface area contributed by atoms with E-state index in [0.717, 1.165) is 50.0 Å². The van der Waals surface area contributed by atoms with Crippen LogP contribution in [0.15, 0.2) is 172 Å². The van der Waals surface area contributed by atoms with Gasteiger partial charge in [-0.2, -0.15) is 0 Å². The molecule has 1 fully saturated rings. The lowest BCUT2D eigenvalue weighted by Crippen LogP contribution is -2.65. The lowest BCUT2D eigenvalue weighted by atomic mass is 9.33. The first-order valence-electron chi connectivity index (χ1n) is 20.3. The van der Waals surface area contributed by atoms with Crippen molar-refractivity contribution in [3.05, 3.63) is 185 Å². The summed E-state index contributed by atoms with van der Waals surface area (Å²) >= 11 is 0. The molecular formula is C51H37B2N3O3. The van der Waals surface area contributed by atoms with Crippen LogP contribution in [-0.4, -0.2) is 19.5 Å². The summed E-state index contributed by atoms with van der Waals surface area (Å²) in [7, 11) is 0. The Labute approximate surface area is 342 Å². The number of amides is 2. The zero-order valence-electron chi connectivity index (χ0n) is 33.2. The number of furan rings is 2. The van der Waals surface area contributed by atoms with Crippen LogP contribution in [0.1, 0.15) is 22.3 Å². The molecule has 1 saturated heterocycles. The molecule has 280 valence electrons. The summed E-state index contributed by atoms with van der Waals surface area (Å²) in [5.41, 5.74) is 15.0. The van der Waals surface area contributed by atoms with Gasteiger partial charge >= 0.3 is 6.03 Å². The van der Waals surface area contributed by atoms with Crippen LogP contribution in [0.5, 0.6) is 0 Å². The number of fused-ring (bicyclic) bond motifs is 6. The van der Waals surface area contributed by atoms with Crippen LogP contribution in [-0.2, 0) is 0 Å². The van der Waals surface area contributed by atoms with Gasteiger partial charge in [-0.3, -0.25) is 4.90 Å². The Morgan fingerprint density at radius 1 is 0.424 bits per heavy atom.